The van der Waals surface area contributed by atoms with Crippen molar-refractivity contribution in [3.63, 3.8) is 0 Å². The molecule has 1 aromatic rings. The number of amides is 1. The Morgan fingerprint density at radius 1 is 1.08 bits per heavy atom. The van der Waals surface area contributed by atoms with Gasteiger partial charge in [0.25, 0.3) is 0 Å². The predicted octanol–water partition coefficient (Wildman–Crippen LogP) is 2.35. The molecule has 1 unspecified atom stereocenters. The molecule has 0 spiro atoms. The van der Waals surface area contributed by atoms with Crippen LogP contribution in [0.5, 0.6) is 11.5 Å². The van der Waals surface area contributed by atoms with E-state index in [4.69, 9.17) is 14.2 Å². The molecule has 2 atom stereocenters. The summed E-state index contributed by atoms with van der Waals surface area (Å²) < 4.78 is 15.2. The first-order valence-electron chi connectivity index (χ1n) is 8.32. The van der Waals surface area contributed by atoms with Crippen LogP contribution in [0.15, 0.2) is 18.2 Å². The quantitative estimate of drug-likeness (QED) is 0.629. The van der Waals surface area contributed by atoms with Crippen LogP contribution in [0.3, 0.4) is 0 Å². The molecular formula is C18H28N2O5. The van der Waals surface area contributed by atoms with E-state index in [9.17, 15) is 9.59 Å². The zero-order valence-electron chi connectivity index (χ0n) is 15.5. The Morgan fingerprint density at radius 2 is 1.68 bits per heavy atom. The highest BCUT2D eigenvalue weighted by Crippen LogP contribution is 2.26. The van der Waals surface area contributed by atoms with Gasteiger partial charge in [-0.15, -0.1) is 0 Å². The molecule has 0 radical (unpaired) electrons. The standard InChI is InChI=1S/C18H28N2O5/c1-6-7-8-16(18(22)25-5)20-17(21)12(2)19-13-9-14(23-3)11-15(10-13)24-4/h9-12,16,19H,6-8H2,1-5H3,(H,20,21)/t12-,16?/m0/s1. The molecule has 0 aliphatic heterocycles. The summed E-state index contributed by atoms with van der Waals surface area (Å²) in [5, 5.41) is 5.83. The van der Waals surface area contributed by atoms with E-state index in [1.54, 1.807) is 39.3 Å². The number of benzene rings is 1. The number of carbonyl (C=O) groups excluding carboxylic acids is 2. The lowest BCUT2D eigenvalue weighted by Crippen LogP contribution is -2.47. The Balaban J connectivity index is 2.76. The largest absolute Gasteiger partial charge is 0.497 e. The van der Waals surface area contributed by atoms with Crippen molar-refractivity contribution in [2.24, 2.45) is 0 Å². The Labute approximate surface area is 149 Å². The second-order valence-corrected chi connectivity index (χ2v) is 5.69. The summed E-state index contributed by atoms with van der Waals surface area (Å²) in [6, 6.07) is 4.09. The fourth-order valence-electron chi connectivity index (χ4n) is 2.30. The van der Waals surface area contributed by atoms with Crippen molar-refractivity contribution in [2.45, 2.75) is 45.2 Å². The predicted molar refractivity (Wildman–Crippen MR) is 96.1 cm³/mol. The Morgan fingerprint density at radius 3 is 2.16 bits per heavy atom. The second kappa shape index (κ2) is 10.4. The monoisotopic (exact) mass is 352 g/mol. The van der Waals surface area contributed by atoms with Crippen LogP contribution in [-0.2, 0) is 14.3 Å². The van der Waals surface area contributed by atoms with Crippen LogP contribution in [0.25, 0.3) is 0 Å². The summed E-state index contributed by atoms with van der Waals surface area (Å²) in [4.78, 5) is 24.2. The van der Waals surface area contributed by atoms with Crippen LogP contribution < -0.4 is 20.1 Å². The minimum atomic E-state index is -0.637. The number of carbonyl (C=O) groups is 2. The van der Waals surface area contributed by atoms with Gasteiger partial charge in [-0.05, 0) is 13.3 Å². The van der Waals surface area contributed by atoms with Gasteiger partial charge in [-0.2, -0.15) is 0 Å². The van der Waals surface area contributed by atoms with Gasteiger partial charge in [0.05, 0.1) is 21.3 Å². The van der Waals surface area contributed by atoms with E-state index in [1.165, 1.54) is 7.11 Å². The molecule has 0 aliphatic rings. The van der Waals surface area contributed by atoms with Crippen molar-refractivity contribution in [2.75, 3.05) is 26.6 Å². The molecule has 0 heterocycles. The number of nitrogens with one attached hydrogen (secondary N) is 2. The highest BCUT2D eigenvalue weighted by atomic mass is 16.5. The third-order valence-corrected chi connectivity index (χ3v) is 3.78. The molecule has 0 saturated carbocycles. The Kier molecular flexibility index (Phi) is 8.60. The lowest BCUT2D eigenvalue weighted by molar-refractivity contribution is -0.145. The maximum atomic E-state index is 12.4. The first kappa shape index (κ1) is 20.6. The van der Waals surface area contributed by atoms with E-state index in [0.29, 0.717) is 23.6 Å². The Hall–Kier alpha value is -2.44. The highest BCUT2D eigenvalue weighted by molar-refractivity contribution is 5.89. The summed E-state index contributed by atoms with van der Waals surface area (Å²) in [5.41, 5.74) is 0.682. The Bertz CT molecular complexity index is 554. The maximum absolute atomic E-state index is 12.4. The van der Waals surface area contributed by atoms with Gasteiger partial charge in [0.1, 0.15) is 23.6 Å². The summed E-state index contributed by atoms with van der Waals surface area (Å²) in [5.74, 6) is 0.514. The van der Waals surface area contributed by atoms with Crippen LogP contribution in [0, 0.1) is 0 Å². The molecule has 2 N–H and O–H groups in total. The van der Waals surface area contributed by atoms with Crippen molar-refractivity contribution in [1.29, 1.82) is 0 Å². The van der Waals surface area contributed by atoms with Gasteiger partial charge in [-0.1, -0.05) is 19.8 Å². The third-order valence-electron chi connectivity index (χ3n) is 3.78. The third kappa shape index (κ3) is 6.52. The molecule has 7 nitrogen and oxygen atoms in total. The molecule has 7 heteroatoms. The molecule has 1 amide bonds. The second-order valence-electron chi connectivity index (χ2n) is 5.69. The molecule has 0 bridgehead atoms. The van der Waals surface area contributed by atoms with Gasteiger partial charge < -0.3 is 24.8 Å². The zero-order valence-corrected chi connectivity index (χ0v) is 15.5. The molecule has 1 rings (SSSR count). The number of unbranched alkanes of at least 4 members (excludes halogenated alkanes) is 1. The van der Waals surface area contributed by atoms with E-state index in [1.807, 2.05) is 6.92 Å². The van der Waals surface area contributed by atoms with Crippen LogP contribution in [0.2, 0.25) is 0 Å². The normalized spacial score (nSPS) is 12.7. The van der Waals surface area contributed by atoms with Crippen LogP contribution >= 0.6 is 0 Å². The van der Waals surface area contributed by atoms with Crippen LogP contribution in [0.4, 0.5) is 5.69 Å². The van der Waals surface area contributed by atoms with E-state index in [2.05, 4.69) is 10.6 Å². The van der Waals surface area contributed by atoms with Crippen molar-refractivity contribution in [3.05, 3.63) is 18.2 Å². The number of ether oxygens (including phenoxy) is 3. The number of hydrogen-bond acceptors (Lipinski definition) is 6. The molecule has 0 fully saturated rings. The van der Waals surface area contributed by atoms with Crippen molar-refractivity contribution in [1.82, 2.24) is 5.32 Å². The topological polar surface area (TPSA) is 85.9 Å². The van der Waals surface area contributed by atoms with Gasteiger partial charge in [0, 0.05) is 23.9 Å². The first-order chi connectivity index (χ1) is 11.9. The fourth-order valence-corrected chi connectivity index (χ4v) is 2.30. The van der Waals surface area contributed by atoms with Gasteiger partial charge in [0.2, 0.25) is 5.91 Å². The highest BCUT2D eigenvalue weighted by Gasteiger charge is 2.23. The molecule has 0 aliphatic carbocycles. The minimum absolute atomic E-state index is 0.284. The summed E-state index contributed by atoms with van der Waals surface area (Å²) in [6.07, 6.45) is 2.31. The number of anilines is 1. The molecule has 25 heavy (non-hydrogen) atoms. The molecule has 0 aromatic heterocycles. The van der Waals surface area contributed by atoms with Crippen molar-refractivity contribution >= 4 is 17.6 Å². The van der Waals surface area contributed by atoms with E-state index in [-0.39, 0.29) is 5.91 Å². The van der Waals surface area contributed by atoms with Gasteiger partial charge in [-0.25, -0.2) is 4.79 Å². The summed E-state index contributed by atoms with van der Waals surface area (Å²) >= 11 is 0. The van der Waals surface area contributed by atoms with Crippen molar-refractivity contribution < 1.29 is 23.8 Å². The zero-order chi connectivity index (χ0) is 18.8. The molecular weight excluding hydrogens is 324 g/mol. The molecule has 140 valence electrons. The lowest BCUT2D eigenvalue weighted by Gasteiger charge is -2.21. The smallest absolute Gasteiger partial charge is 0.328 e. The van der Waals surface area contributed by atoms with E-state index < -0.39 is 18.1 Å². The number of rotatable bonds is 10. The SMILES string of the molecule is CCCCC(NC(=O)[C@H](C)Nc1cc(OC)cc(OC)c1)C(=O)OC. The average Bonchev–Trinajstić information content (AvgIpc) is 2.63. The van der Waals surface area contributed by atoms with Gasteiger partial charge in [-0.3, -0.25) is 4.79 Å². The minimum Gasteiger partial charge on any atom is -0.497 e. The molecule has 0 saturated heterocycles. The number of hydrogen-bond donors (Lipinski definition) is 2. The maximum Gasteiger partial charge on any atom is 0.328 e. The summed E-state index contributed by atoms with van der Waals surface area (Å²) in [7, 11) is 4.43. The van der Waals surface area contributed by atoms with Crippen LogP contribution in [0.1, 0.15) is 33.1 Å². The average molecular weight is 352 g/mol. The van der Waals surface area contributed by atoms with E-state index >= 15 is 0 Å². The van der Waals surface area contributed by atoms with Gasteiger partial charge >= 0.3 is 5.97 Å². The lowest BCUT2D eigenvalue weighted by atomic mass is 10.1. The number of esters is 1. The van der Waals surface area contributed by atoms with Crippen molar-refractivity contribution in [3.8, 4) is 11.5 Å². The molecule has 1 aromatic carbocycles. The summed E-state index contributed by atoms with van der Waals surface area (Å²) in [6.45, 7) is 3.74. The van der Waals surface area contributed by atoms with Gasteiger partial charge in [0.15, 0.2) is 0 Å². The fraction of sp³-hybridized carbons (Fsp3) is 0.556. The number of methoxy groups -OCH3 is 3. The first-order valence-corrected chi connectivity index (χ1v) is 8.32. The van der Waals surface area contributed by atoms with E-state index in [0.717, 1.165) is 12.8 Å². The van der Waals surface area contributed by atoms with Crippen LogP contribution in [-0.4, -0.2) is 45.3 Å².